The maximum absolute atomic E-state index is 14.2. The molecule has 0 aliphatic rings. The number of phenolic OH excluding ortho intramolecular Hbond substituents is 1. The Morgan fingerprint density at radius 3 is 2.26 bits per heavy atom. The standard InChI is InChI=1S/C31H43ClN4O6/c1-7-8-9-10-17-36(29(40)23(18-24(33)37)34-30(41)42-31(4,5)6)26(21-15-11-14-20(3)27(21)38)28(39)35-25-19(2)13-12-16-22(25)32/h11-16,23,26,38H,7-10,17-18H2,1-6H3,(H2,33,37)(H,34,41)(H,35,39). The van der Waals surface area contributed by atoms with E-state index in [0.717, 1.165) is 19.3 Å². The van der Waals surface area contributed by atoms with Crippen LogP contribution >= 0.6 is 11.6 Å². The first-order chi connectivity index (χ1) is 19.7. The first kappa shape index (κ1) is 34.4. The molecule has 2 unspecified atom stereocenters. The largest absolute Gasteiger partial charge is 0.507 e. The van der Waals surface area contributed by atoms with E-state index in [9.17, 15) is 24.3 Å². The van der Waals surface area contributed by atoms with Gasteiger partial charge in [-0.05, 0) is 58.2 Å². The van der Waals surface area contributed by atoms with Crippen LogP contribution in [0.2, 0.25) is 5.02 Å². The lowest BCUT2D eigenvalue weighted by Crippen LogP contribution is -2.53. The molecule has 42 heavy (non-hydrogen) atoms. The van der Waals surface area contributed by atoms with Crippen molar-refractivity contribution in [1.29, 1.82) is 0 Å². The number of rotatable bonds is 13. The SMILES string of the molecule is CCCCCCN(C(=O)C(CC(N)=O)NC(=O)OC(C)(C)C)C(C(=O)Nc1c(C)cccc1Cl)c1cccc(C)c1O. The molecule has 10 nitrogen and oxygen atoms in total. The van der Waals surface area contributed by atoms with Crippen LogP contribution in [-0.2, 0) is 19.1 Å². The lowest BCUT2D eigenvalue weighted by atomic mass is 9.98. The number of nitrogens with zero attached hydrogens (tertiary/aromatic N) is 1. The van der Waals surface area contributed by atoms with E-state index in [1.54, 1.807) is 71.0 Å². The van der Waals surface area contributed by atoms with Gasteiger partial charge in [0.15, 0.2) is 0 Å². The molecule has 0 saturated heterocycles. The summed E-state index contributed by atoms with van der Waals surface area (Å²) in [6.07, 6.45) is 1.68. The Bertz CT molecular complexity index is 1260. The van der Waals surface area contributed by atoms with Crippen molar-refractivity contribution < 1.29 is 29.0 Å². The molecule has 0 aromatic heterocycles. The Hall–Kier alpha value is -3.79. The lowest BCUT2D eigenvalue weighted by Gasteiger charge is -2.35. The minimum absolute atomic E-state index is 0.0943. The molecule has 2 rings (SSSR count). The van der Waals surface area contributed by atoms with Gasteiger partial charge in [-0.3, -0.25) is 14.4 Å². The number of hydrogen-bond donors (Lipinski definition) is 4. The van der Waals surface area contributed by atoms with Gasteiger partial charge in [-0.25, -0.2) is 4.79 Å². The Morgan fingerprint density at radius 2 is 1.67 bits per heavy atom. The number of phenols is 1. The predicted molar refractivity (Wildman–Crippen MR) is 163 cm³/mol. The number of alkyl carbamates (subject to hydrolysis) is 1. The van der Waals surface area contributed by atoms with Crippen molar-refractivity contribution in [1.82, 2.24) is 10.2 Å². The minimum atomic E-state index is -1.42. The van der Waals surface area contributed by atoms with Crippen molar-refractivity contribution in [2.45, 2.75) is 91.3 Å². The van der Waals surface area contributed by atoms with Crippen LogP contribution in [0, 0.1) is 13.8 Å². The van der Waals surface area contributed by atoms with Crippen LogP contribution in [0.1, 0.15) is 82.5 Å². The van der Waals surface area contributed by atoms with Crippen molar-refractivity contribution >= 4 is 41.1 Å². The number of aromatic hydroxyl groups is 1. The van der Waals surface area contributed by atoms with Gasteiger partial charge < -0.3 is 31.1 Å². The average Bonchev–Trinajstić information content (AvgIpc) is 2.88. The van der Waals surface area contributed by atoms with Gasteiger partial charge in [-0.2, -0.15) is 0 Å². The zero-order valence-electron chi connectivity index (χ0n) is 25.3. The fourth-order valence-electron chi connectivity index (χ4n) is 4.46. The molecule has 4 amide bonds. The Kier molecular flexibility index (Phi) is 12.7. The number of anilines is 1. The number of carbonyl (C=O) groups excluding carboxylic acids is 4. The summed E-state index contributed by atoms with van der Waals surface area (Å²) in [7, 11) is 0. The smallest absolute Gasteiger partial charge is 0.408 e. The second-order valence-electron chi connectivity index (χ2n) is 11.3. The van der Waals surface area contributed by atoms with Crippen molar-refractivity contribution in [3.63, 3.8) is 0 Å². The number of ether oxygens (including phenoxy) is 1. The van der Waals surface area contributed by atoms with E-state index in [1.807, 2.05) is 6.92 Å². The average molecular weight is 603 g/mol. The van der Waals surface area contributed by atoms with E-state index in [4.69, 9.17) is 22.1 Å². The molecule has 0 fully saturated rings. The summed E-state index contributed by atoms with van der Waals surface area (Å²) in [5, 5.41) is 16.7. The molecule has 11 heteroatoms. The number of nitrogens with two attached hydrogens (primary N) is 1. The van der Waals surface area contributed by atoms with E-state index >= 15 is 0 Å². The second kappa shape index (κ2) is 15.4. The summed E-state index contributed by atoms with van der Waals surface area (Å²) in [4.78, 5) is 54.3. The molecule has 5 N–H and O–H groups in total. The number of aryl methyl sites for hydroxylation is 2. The maximum atomic E-state index is 14.2. The zero-order chi connectivity index (χ0) is 31.6. The summed E-state index contributed by atoms with van der Waals surface area (Å²) in [6, 6.07) is 7.30. The fourth-order valence-corrected chi connectivity index (χ4v) is 4.73. The van der Waals surface area contributed by atoms with Crippen molar-refractivity contribution in [3.05, 3.63) is 58.1 Å². The molecule has 0 aliphatic carbocycles. The summed E-state index contributed by atoms with van der Waals surface area (Å²) < 4.78 is 5.32. The van der Waals surface area contributed by atoms with Gasteiger partial charge in [0.25, 0.3) is 5.91 Å². The maximum Gasteiger partial charge on any atom is 0.408 e. The highest BCUT2D eigenvalue weighted by Gasteiger charge is 2.38. The minimum Gasteiger partial charge on any atom is -0.507 e. The number of primary amides is 1. The van der Waals surface area contributed by atoms with Crippen molar-refractivity contribution in [2.24, 2.45) is 5.73 Å². The number of nitrogens with one attached hydrogen (secondary N) is 2. The molecule has 0 spiro atoms. The normalized spacial score (nSPS) is 12.6. The molecule has 2 aromatic carbocycles. The topological polar surface area (TPSA) is 151 Å². The Labute approximate surface area is 252 Å². The van der Waals surface area contributed by atoms with Gasteiger partial charge in [0.05, 0.1) is 17.1 Å². The van der Waals surface area contributed by atoms with E-state index < -0.39 is 47.9 Å². The quantitative estimate of drug-likeness (QED) is 0.222. The third-order valence-electron chi connectivity index (χ3n) is 6.52. The number of amides is 4. The Morgan fingerprint density at radius 1 is 1.02 bits per heavy atom. The monoisotopic (exact) mass is 602 g/mol. The molecule has 0 heterocycles. The summed E-state index contributed by atoms with van der Waals surface area (Å²) in [5.41, 5.74) is 6.33. The number of hydrogen-bond acceptors (Lipinski definition) is 6. The second-order valence-corrected chi connectivity index (χ2v) is 11.7. The third kappa shape index (κ3) is 9.94. The van der Waals surface area contributed by atoms with Gasteiger partial charge in [0.2, 0.25) is 11.8 Å². The van der Waals surface area contributed by atoms with E-state index in [0.29, 0.717) is 28.3 Å². The van der Waals surface area contributed by atoms with Gasteiger partial charge in [0.1, 0.15) is 23.4 Å². The van der Waals surface area contributed by atoms with Crippen LogP contribution < -0.4 is 16.4 Å². The molecule has 230 valence electrons. The van der Waals surface area contributed by atoms with Crippen LogP contribution in [0.4, 0.5) is 10.5 Å². The van der Waals surface area contributed by atoms with Gasteiger partial charge in [-0.15, -0.1) is 0 Å². The molecule has 0 bridgehead atoms. The van der Waals surface area contributed by atoms with Crippen LogP contribution in [0.15, 0.2) is 36.4 Å². The van der Waals surface area contributed by atoms with Crippen molar-refractivity contribution in [2.75, 3.05) is 11.9 Å². The molecule has 2 atom stereocenters. The summed E-state index contributed by atoms with van der Waals surface area (Å²) in [6.45, 7) is 10.6. The van der Waals surface area contributed by atoms with Crippen LogP contribution in [0.5, 0.6) is 5.75 Å². The third-order valence-corrected chi connectivity index (χ3v) is 6.84. The highest BCUT2D eigenvalue weighted by Crippen LogP contribution is 2.35. The van der Waals surface area contributed by atoms with E-state index in [-0.39, 0.29) is 17.9 Å². The highest BCUT2D eigenvalue weighted by molar-refractivity contribution is 6.34. The first-order valence-corrected chi connectivity index (χ1v) is 14.5. The van der Waals surface area contributed by atoms with Gasteiger partial charge >= 0.3 is 6.09 Å². The predicted octanol–water partition coefficient (Wildman–Crippen LogP) is 5.52. The zero-order valence-corrected chi connectivity index (χ0v) is 26.0. The molecular weight excluding hydrogens is 560 g/mol. The molecule has 0 radical (unpaired) electrons. The molecule has 0 saturated carbocycles. The van der Waals surface area contributed by atoms with E-state index in [1.165, 1.54) is 4.90 Å². The van der Waals surface area contributed by atoms with Crippen LogP contribution in [0.25, 0.3) is 0 Å². The molecule has 0 aliphatic heterocycles. The van der Waals surface area contributed by atoms with Gasteiger partial charge in [0, 0.05) is 12.1 Å². The molecular formula is C31H43ClN4O6. The first-order valence-electron chi connectivity index (χ1n) is 14.1. The fraction of sp³-hybridized carbons (Fsp3) is 0.484. The highest BCUT2D eigenvalue weighted by atomic mass is 35.5. The number of halogens is 1. The van der Waals surface area contributed by atoms with E-state index in [2.05, 4.69) is 10.6 Å². The molecule has 2 aromatic rings. The number of para-hydroxylation sites is 2. The summed E-state index contributed by atoms with van der Waals surface area (Å²) in [5.74, 6) is -2.35. The van der Waals surface area contributed by atoms with Crippen LogP contribution in [-0.4, -0.2) is 52.0 Å². The lowest BCUT2D eigenvalue weighted by molar-refractivity contribution is -0.142. The number of benzene rings is 2. The number of unbranched alkanes of at least 4 members (excludes halogenated alkanes) is 3. The number of carbonyl (C=O) groups is 4. The van der Waals surface area contributed by atoms with Crippen molar-refractivity contribution in [3.8, 4) is 5.75 Å². The van der Waals surface area contributed by atoms with Gasteiger partial charge in [-0.1, -0.05) is 68.1 Å². The van der Waals surface area contributed by atoms with Crippen LogP contribution in [0.3, 0.4) is 0 Å². The summed E-state index contributed by atoms with van der Waals surface area (Å²) >= 11 is 6.40. The Balaban J connectivity index is 2.65.